The topological polar surface area (TPSA) is 74.0 Å². The molecule has 2 aliphatic rings. The largest absolute Gasteiger partial charge is 0.348 e. The van der Waals surface area contributed by atoms with Crippen molar-refractivity contribution in [2.24, 2.45) is 0 Å². The van der Waals surface area contributed by atoms with E-state index in [0.717, 1.165) is 19.4 Å². The van der Waals surface area contributed by atoms with Gasteiger partial charge in [-0.15, -0.1) is 0 Å². The van der Waals surface area contributed by atoms with Crippen molar-refractivity contribution in [3.05, 3.63) is 34.2 Å². The van der Waals surface area contributed by atoms with Crippen molar-refractivity contribution in [2.75, 3.05) is 6.54 Å². The van der Waals surface area contributed by atoms with Gasteiger partial charge in [0.25, 0.3) is 5.91 Å². The van der Waals surface area contributed by atoms with E-state index in [2.05, 4.69) is 15.6 Å². The number of aromatic nitrogens is 1. The first-order valence-electron chi connectivity index (χ1n) is 6.92. The molecule has 1 spiro atoms. The van der Waals surface area contributed by atoms with Crippen LogP contribution in [0.4, 0.5) is 0 Å². The highest BCUT2D eigenvalue weighted by Gasteiger charge is 2.41. The number of carbonyl (C=O) groups excluding carboxylic acids is 1. The van der Waals surface area contributed by atoms with Crippen LogP contribution in [0.25, 0.3) is 0 Å². The molecule has 1 aromatic heterocycles. The van der Waals surface area contributed by atoms with Gasteiger partial charge in [0.1, 0.15) is 5.69 Å². The van der Waals surface area contributed by atoms with Crippen LogP contribution in [-0.2, 0) is 0 Å². The van der Waals surface area contributed by atoms with E-state index in [1.165, 1.54) is 25.3 Å². The average Bonchev–Trinajstić information content (AvgIpc) is 2.37. The summed E-state index contributed by atoms with van der Waals surface area (Å²) in [6.07, 6.45) is 5.64. The molecule has 19 heavy (non-hydrogen) atoms. The number of amides is 1. The summed E-state index contributed by atoms with van der Waals surface area (Å²) >= 11 is 0. The maximum absolute atomic E-state index is 12.1. The Labute approximate surface area is 111 Å². The summed E-state index contributed by atoms with van der Waals surface area (Å²) in [6, 6.07) is 4.85. The van der Waals surface area contributed by atoms with Crippen molar-refractivity contribution in [3.63, 3.8) is 0 Å². The predicted octanol–water partition coefficient (Wildman–Crippen LogP) is 0.779. The normalized spacial score (nSPS) is 24.7. The van der Waals surface area contributed by atoms with Gasteiger partial charge in [0, 0.05) is 17.6 Å². The molecule has 1 aromatic rings. The molecule has 2 heterocycles. The first-order chi connectivity index (χ1) is 9.17. The van der Waals surface area contributed by atoms with Crippen molar-refractivity contribution < 1.29 is 4.79 Å². The lowest BCUT2D eigenvalue weighted by Crippen LogP contribution is -2.59. The summed E-state index contributed by atoms with van der Waals surface area (Å²) in [4.78, 5) is 25.8. The minimum absolute atomic E-state index is 0.181. The van der Waals surface area contributed by atoms with Crippen molar-refractivity contribution in [3.8, 4) is 0 Å². The molecule has 2 fully saturated rings. The smallest absolute Gasteiger partial charge is 0.268 e. The minimum atomic E-state index is -0.242. The SMILES string of the molecule is O=C(NC1CCNC2(CCC2)C1)c1cccc(=O)[nH]1. The van der Waals surface area contributed by atoms with Gasteiger partial charge in [0.05, 0.1) is 0 Å². The highest BCUT2D eigenvalue weighted by atomic mass is 16.2. The van der Waals surface area contributed by atoms with Gasteiger partial charge in [-0.05, 0) is 44.7 Å². The zero-order valence-electron chi connectivity index (χ0n) is 10.9. The van der Waals surface area contributed by atoms with E-state index in [1.807, 2.05) is 0 Å². The summed E-state index contributed by atoms with van der Waals surface area (Å²) in [5.41, 5.74) is 0.363. The second-order valence-electron chi connectivity index (χ2n) is 5.65. The van der Waals surface area contributed by atoms with E-state index in [4.69, 9.17) is 0 Å². The van der Waals surface area contributed by atoms with E-state index < -0.39 is 0 Å². The molecule has 1 saturated heterocycles. The molecule has 1 aliphatic heterocycles. The summed E-state index contributed by atoms with van der Waals surface area (Å²) in [7, 11) is 0. The second kappa shape index (κ2) is 4.81. The van der Waals surface area contributed by atoms with Crippen LogP contribution in [-0.4, -0.2) is 29.0 Å². The van der Waals surface area contributed by atoms with E-state index in [9.17, 15) is 9.59 Å². The summed E-state index contributed by atoms with van der Waals surface area (Å²) in [5, 5.41) is 6.61. The zero-order valence-corrected chi connectivity index (χ0v) is 10.9. The molecule has 5 heteroatoms. The number of hydrogen-bond donors (Lipinski definition) is 3. The molecule has 3 rings (SSSR count). The lowest BCUT2D eigenvalue weighted by atomic mass is 9.70. The number of nitrogens with one attached hydrogen (secondary N) is 3. The molecule has 0 radical (unpaired) electrons. The first-order valence-corrected chi connectivity index (χ1v) is 6.92. The maximum atomic E-state index is 12.1. The molecule has 0 aromatic carbocycles. The Morgan fingerprint density at radius 2 is 2.21 bits per heavy atom. The number of rotatable bonds is 2. The van der Waals surface area contributed by atoms with E-state index in [-0.39, 0.29) is 23.0 Å². The highest BCUT2D eigenvalue weighted by Crippen LogP contribution is 2.38. The minimum Gasteiger partial charge on any atom is -0.348 e. The molecule has 1 aliphatic carbocycles. The van der Waals surface area contributed by atoms with E-state index in [0.29, 0.717) is 5.69 Å². The highest BCUT2D eigenvalue weighted by molar-refractivity contribution is 5.92. The average molecular weight is 261 g/mol. The Balaban J connectivity index is 1.64. The van der Waals surface area contributed by atoms with Crippen molar-refractivity contribution >= 4 is 5.91 Å². The van der Waals surface area contributed by atoms with Crippen molar-refractivity contribution in [2.45, 2.75) is 43.7 Å². The van der Waals surface area contributed by atoms with Gasteiger partial charge in [-0.2, -0.15) is 0 Å². The Kier molecular flexibility index (Phi) is 3.14. The number of pyridine rings is 1. The number of piperidine rings is 1. The predicted molar refractivity (Wildman–Crippen MR) is 72.1 cm³/mol. The zero-order chi connectivity index (χ0) is 13.3. The van der Waals surface area contributed by atoms with Crippen LogP contribution in [0.5, 0.6) is 0 Å². The van der Waals surface area contributed by atoms with Crippen LogP contribution in [0.15, 0.2) is 23.0 Å². The van der Waals surface area contributed by atoms with Gasteiger partial charge in [-0.1, -0.05) is 6.07 Å². The van der Waals surface area contributed by atoms with Crippen LogP contribution in [0.3, 0.4) is 0 Å². The molecule has 0 bridgehead atoms. The molecule has 1 unspecified atom stereocenters. The van der Waals surface area contributed by atoms with Crippen LogP contribution >= 0.6 is 0 Å². The Morgan fingerprint density at radius 3 is 2.89 bits per heavy atom. The third kappa shape index (κ3) is 2.56. The monoisotopic (exact) mass is 261 g/mol. The number of hydrogen-bond acceptors (Lipinski definition) is 3. The second-order valence-corrected chi connectivity index (χ2v) is 5.65. The summed E-state index contributed by atoms with van der Waals surface area (Å²) in [5.74, 6) is -0.181. The summed E-state index contributed by atoms with van der Waals surface area (Å²) < 4.78 is 0. The van der Waals surface area contributed by atoms with Gasteiger partial charge in [-0.25, -0.2) is 0 Å². The fourth-order valence-electron chi connectivity index (χ4n) is 3.11. The molecule has 1 atom stereocenters. The fourth-order valence-corrected chi connectivity index (χ4v) is 3.11. The molecule has 3 N–H and O–H groups in total. The Bertz CT molecular complexity index is 533. The standard InChI is InChI=1S/C14H19N3O2/c18-12-4-1-3-11(17-12)13(19)16-10-5-8-15-14(9-10)6-2-7-14/h1,3-4,10,15H,2,5-9H2,(H,16,19)(H,17,18). The van der Waals surface area contributed by atoms with Crippen LogP contribution in [0.2, 0.25) is 0 Å². The van der Waals surface area contributed by atoms with Crippen molar-refractivity contribution in [1.29, 1.82) is 0 Å². The molecular weight excluding hydrogens is 242 g/mol. The molecule has 1 amide bonds. The fraction of sp³-hybridized carbons (Fsp3) is 0.571. The Hall–Kier alpha value is -1.62. The first kappa shape index (κ1) is 12.4. The van der Waals surface area contributed by atoms with Gasteiger partial charge >= 0.3 is 0 Å². The number of aromatic amines is 1. The van der Waals surface area contributed by atoms with Crippen LogP contribution < -0.4 is 16.2 Å². The summed E-state index contributed by atoms with van der Waals surface area (Å²) in [6.45, 7) is 0.955. The molecule has 5 nitrogen and oxygen atoms in total. The molecule has 102 valence electrons. The van der Waals surface area contributed by atoms with Crippen molar-refractivity contribution in [1.82, 2.24) is 15.6 Å². The van der Waals surface area contributed by atoms with Crippen LogP contribution in [0.1, 0.15) is 42.6 Å². The van der Waals surface area contributed by atoms with Gasteiger partial charge in [0.2, 0.25) is 5.56 Å². The van der Waals surface area contributed by atoms with Crippen LogP contribution in [0, 0.1) is 0 Å². The lowest BCUT2D eigenvalue weighted by molar-refractivity contribution is 0.0848. The molecular formula is C14H19N3O2. The quantitative estimate of drug-likeness (QED) is 0.736. The van der Waals surface area contributed by atoms with E-state index >= 15 is 0 Å². The maximum Gasteiger partial charge on any atom is 0.268 e. The number of H-pyrrole nitrogens is 1. The van der Waals surface area contributed by atoms with E-state index in [1.54, 1.807) is 12.1 Å². The van der Waals surface area contributed by atoms with Gasteiger partial charge in [-0.3, -0.25) is 9.59 Å². The van der Waals surface area contributed by atoms with Gasteiger partial charge in [0.15, 0.2) is 0 Å². The lowest BCUT2D eigenvalue weighted by Gasteiger charge is -2.48. The number of carbonyl (C=O) groups is 1. The third-order valence-corrected chi connectivity index (χ3v) is 4.29. The van der Waals surface area contributed by atoms with Gasteiger partial charge < -0.3 is 15.6 Å². The Morgan fingerprint density at radius 1 is 1.37 bits per heavy atom. The molecule has 1 saturated carbocycles. The third-order valence-electron chi connectivity index (χ3n) is 4.29.